The Kier molecular flexibility index (Phi) is 3.97. The zero-order valence-electron chi connectivity index (χ0n) is 8.12. The van der Waals surface area contributed by atoms with Crippen LogP contribution in [0.4, 0.5) is 10.1 Å². The Morgan fingerprint density at radius 2 is 2.21 bits per heavy atom. The average molecular weight is 256 g/mol. The number of benzene rings is 1. The van der Waals surface area contributed by atoms with Crippen molar-refractivity contribution in [2.24, 2.45) is 0 Å². The smallest absolute Gasteiger partial charge is 0.137 e. The highest BCUT2D eigenvalue weighted by molar-refractivity contribution is 9.10. The summed E-state index contributed by atoms with van der Waals surface area (Å²) in [6.45, 7) is 4.22. The van der Waals surface area contributed by atoms with Gasteiger partial charge >= 0.3 is 0 Å². The van der Waals surface area contributed by atoms with Crippen LogP contribution in [0.15, 0.2) is 16.6 Å². The van der Waals surface area contributed by atoms with Gasteiger partial charge in [0.1, 0.15) is 5.82 Å². The third-order valence-electron chi connectivity index (χ3n) is 1.81. The molecule has 0 aliphatic carbocycles. The van der Waals surface area contributed by atoms with Gasteiger partial charge in [0, 0.05) is 5.69 Å². The first kappa shape index (κ1) is 11.1. The maximum Gasteiger partial charge on any atom is 0.137 e. The van der Waals surface area contributed by atoms with Gasteiger partial charge in [-0.05, 0) is 47.5 Å². The number of halogens is 2. The predicted molar refractivity (Wildman–Crippen MR) is 60.8 cm³/mol. The van der Waals surface area contributed by atoms with E-state index in [1.54, 1.807) is 13.0 Å². The van der Waals surface area contributed by atoms with Gasteiger partial charge in [-0.25, -0.2) is 4.39 Å². The summed E-state index contributed by atoms with van der Waals surface area (Å²) in [5, 5.41) is 3.11. The maximum atomic E-state index is 13.0. The summed E-state index contributed by atoms with van der Waals surface area (Å²) in [6, 6.07) is 3.22. The highest BCUT2D eigenvalue weighted by Crippen LogP contribution is 2.23. The molecule has 1 N–H and O–H groups in total. The molecule has 74 valence electrons. The highest BCUT2D eigenvalue weighted by atomic mass is 79.9. The third-order valence-corrected chi connectivity index (χ3v) is 2.42. The van der Waals surface area contributed by atoms with E-state index in [-0.39, 0.29) is 5.82 Å². The molecule has 0 heterocycles. The lowest BCUT2D eigenvalue weighted by atomic mass is 10.2. The monoisotopic (exact) mass is 255 g/mol. The summed E-state index contributed by atoms with van der Waals surface area (Å²) in [4.78, 5) is 0. The Bertz CT molecular complexity index is 390. The molecule has 0 fully saturated rings. The van der Waals surface area contributed by atoms with Crippen LogP contribution in [0.3, 0.4) is 0 Å². The van der Waals surface area contributed by atoms with Crippen molar-refractivity contribution in [2.75, 3.05) is 11.9 Å². The van der Waals surface area contributed by atoms with E-state index in [0.717, 1.165) is 11.3 Å². The van der Waals surface area contributed by atoms with E-state index < -0.39 is 0 Å². The fourth-order valence-corrected chi connectivity index (χ4v) is 1.41. The van der Waals surface area contributed by atoms with Crippen molar-refractivity contribution in [3.05, 3.63) is 28.0 Å². The molecule has 0 saturated carbocycles. The van der Waals surface area contributed by atoms with E-state index in [1.807, 2.05) is 6.92 Å². The van der Waals surface area contributed by atoms with Crippen LogP contribution in [0, 0.1) is 24.6 Å². The number of hydrogen-bond donors (Lipinski definition) is 1. The van der Waals surface area contributed by atoms with Crippen LogP contribution in [-0.4, -0.2) is 6.54 Å². The van der Waals surface area contributed by atoms with Gasteiger partial charge in [-0.1, -0.05) is 5.92 Å². The molecule has 1 aromatic rings. The second-order valence-electron chi connectivity index (χ2n) is 2.86. The molecule has 14 heavy (non-hydrogen) atoms. The van der Waals surface area contributed by atoms with E-state index in [1.165, 1.54) is 6.07 Å². The van der Waals surface area contributed by atoms with E-state index in [0.29, 0.717) is 11.0 Å². The number of nitrogens with one attached hydrogen (secondary N) is 1. The van der Waals surface area contributed by atoms with Crippen LogP contribution in [0.2, 0.25) is 0 Å². The van der Waals surface area contributed by atoms with Crippen molar-refractivity contribution in [3.63, 3.8) is 0 Å². The molecule has 0 aromatic heterocycles. The van der Waals surface area contributed by atoms with Gasteiger partial charge in [0.05, 0.1) is 11.0 Å². The number of hydrogen-bond acceptors (Lipinski definition) is 1. The van der Waals surface area contributed by atoms with Crippen molar-refractivity contribution in [1.82, 2.24) is 0 Å². The van der Waals surface area contributed by atoms with Gasteiger partial charge in [0.15, 0.2) is 0 Å². The summed E-state index contributed by atoms with van der Waals surface area (Å²) in [5.74, 6) is 5.43. The summed E-state index contributed by atoms with van der Waals surface area (Å²) < 4.78 is 13.5. The molecule has 1 aromatic carbocycles. The Morgan fingerprint density at radius 1 is 1.50 bits per heavy atom. The van der Waals surface area contributed by atoms with Gasteiger partial charge < -0.3 is 5.32 Å². The molecule has 0 atom stereocenters. The molecule has 0 radical (unpaired) electrons. The van der Waals surface area contributed by atoms with Crippen molar-refractivity contribution in [1.29, 1.82) is 0 Å². The largest absolute Gasteiger partial charge is 0.374 e. The molecule has 1 nitrogen and oxygen atoms in total. The van der Waals surface area contributed by atoms with E-state index >= 15 is 0 Å². The van der Waals surface area contributed by atoms with E-state index in [9.17, 15) is 4.39 Å². The normalized spacial score (nSPS) is 9.14. The van der Waals surface area contributed by atoms with Crippen LogP contribution >= 0.6 is 15.9 Å². The predicted octanol–water partition coefficient (Wildman–Crippen LogP) is 3.33. The Hall–Kier alpha value is -1.01. The molecule has 0 aliphatic heterocycles. The van der Waals surface area contributed by atoms with Gasteiger partial charge in [-0.15, -0.1) is 5.92 Å². The molecule has 0 amide bonds. The van der Waals surface area contributed by atoms with Crippen molar-refractivity contribution in [2.45, 2.75) is 13.8 Å². The zero-order valence-corrected chi connectivity index (χ0v) is 9.70. The minimum Gasteiger partial charge on any atom is -0.374 e. The molecular formula is C11H11BrFN. The summed E-state index contributed by atoms with van der Waals surface area (Å²) in [5.41, 5.74) is 1.78. The molecule has 3 heteroatoms. The topological polar surface area (TPSA) is 12.0 Å². The molecule has 0 unspecified atom stereocenters. The molecule has 1 rings (SSSR count). The first-order valence-electron chi connectivity index (χ1n) is 4.24. The molecule has 0 spiro atoms. The number of aryl methyl sites for hydroxylation is 1. The second-order valence-corrected chi connectivity index (χ2v) is 3.72. The van der Waals surface area contributed by atoms with Gasteiger partial charge in [-0.2, -0.15) is 0 Å². The van der Waals surface area contributed by atoms with Crippen LogP contribution in [0.5, 0.6) is 0 Å². The molecular weight excluding hydrogens is 245 g/mol. The van der Waals surface area contributed by atoms with Gasteiger partial charge in [0.2, 0.25) is 0 Å². The van der Waals surface area contributed by atoms with Crippen LogP contribution in [-0.2, 0) is 0 Å². The second kappa shape index (κ2) is 5.02. The van der Waals surface area contributed by atoms with Crippen molar-refractivity contribution in [3.8, 4) is 11.8 Å². The SMILES string of the molecule is CC#CCNc1cc(Br)c(F)cc1C. The lowest BCUT2D eigenvalue weighted by molar-refractivity contribution is 0.620. The summed E-state index contributed by atoms with van der Waals surface area (Å²) >= 11 is 3.14. The summed E-state index contributed by atoms with van der Waals surface area (Å²) in [7, 11) is 0. The average Bonchev–Trinajstić information content (AvgIpc) is 2.14. The van der Waals surface area contributed by atoms with E-state index in [4.69, 9.17) is 0 Å². The highest BCUT2D eigenvalue weighted by Gasteiger charge is 2.03. The minimum absolute atomic E-state index is 0.241. The quantitative estimate of drug-likeness (QED) is 0.800. The van der Waals surface area contributed by atoms with Crippen LogP contribution in [0.1, 0.15) is 12.5 Å². The van der Waals surface area contributed by atoms with Crippen molar-refractivity contribution >= 4 is 21.6 Å². The van der Waals surface area contributed by atoms with Crippen molar-refractivity contribution < 1.29 is 4.39 Å². The van der Waals surface area contributed by atoms with E-state index in [2.05, 4.69) is 33.1 Å². The first-order chi connectivity index (χ1) is 6.65. The standard InChI is InChI=1S/C11H11BrFN/c1-3-4-5-14-11-7-9(12)10(13)6-8(11)2/h6-7,14H,5H2,1-2H3. The fourth-order valence-electron chi connectivity index (χ4n) is 1.06. The maximum absolute atomic E-state index is 13.0. The minimum atomic E-state index is -0.241. The molecule has 0 aliphatic rings. The lowest BCUT2D eigenvalue weighted by Crippen LogP contribution is -2.01. The van der Waals surface area contributed by atoms with Crippen LogP contribution < -0.4 is 5.32 Å². The van der Waals surface area contributed by atoms with Gasteiger partial charge in [-0.3, -0.25) is 0 Å². The first-order valence-corrected chi connectivity index (χ1v) is 5.03. The fraction of sp³-hybridized carbons (Fsp3) is 0.273. The Balaban J connectivity index is 2.85. The molecule has 0 bridgehead atoms. The third kappa shape index (κ3) is 2.74. The zero-order chi connectivity index (χ0) is 10.6. The number of rotatable bonds is 2. The Morgan fingerprint density at radius 3 is 2.86 bits per heavy atom. The van der Waals surface area contributed by atoms with Crippen LogP contribution in [0.25, 0.3) is 0 Å². The molecule has 0 saturated heterocycles. The van der Waals surface area contributed by atoms with Gasteiger partial charge in [0.25, 0.3) is 0 Å². The lowest BCUT2D eigenvalue weighted by Gasteiger charge is -2.07. The number of anilines is 1. The summed E-state index contributed by atoms with van der Waals surface area (Å²) in [6.07, 6.45) is 0. The Labute approximate surface area is 91.8 Å².